The van der Waals surface area contributed by atoms with Crippen LogP contribution >= 0.6 is 0 Å². The standard InChI is InChI=1S/C13H21N3O/c1-5-17-11-9-7-6-8-10(11)15-12(14)16-13(2,3)4/h6-9H,5H2,1-4H3,(H3,14,15,16). The first kappa shape index (κ1) is 13.4. The fourth-order valence-electron chi connectivity index (χ4n) is 1.38. The Morgan fingerprint density at radius 3 is 2.59 bits per heavy atom. The minimum Gasteiger partial charge on any atom is -0.492 e. The van der Waals surface area contributed by atoms with Gasteiger partial charge in [-0.15, -0.1) is 0 Å². The molecule has 1 aromatic rings. The molecule has 0 heterocycles. The van der Waals surface area contributed by atoms with Gasteiger partial charge in [0.1, 0.15) is 5.75 Å². The molecule has 17 heavy (non-hydrogen) atoms. The van der Waals surface area contributed by atoms with Gasteiger partial charge in [-0.25, -0.2) is 4.99 Å². The summed E-state index contributed by atoms with van der Waals surface area (Å²) in [5.74, 6) is 1.17. The second-order valence-corrected chi connectivity index (χ2v) is 4.72. The number of nitrogens with two attached hydrogens (primary N) is 1. The summed E-state index contributed by atoms with van der Waals surface area (Å²) in [4.78, 5) is 4.33. The van der Waals surface area contributed by atoms with E-state index in [-0.39, 0.29) is 5.54 Å². The van der Waals surface area contributed by atoms with Gasteiger partial charge in [0.15, 0.2) is 5.96 Å². The Kier molecular flexibility index (Phi) is 4.37. The molecule has 4 heteroatoms. The molecule has 3 N–H and O–H groups in total. The summed E-state index contributed by atoms with van der Waals surface area (Å²) in [5, 5.41) is 3.05. The summed E-state index contributed by atoms with van der Waals surface area (Å²) in [6, 6.07) is 7.66. The molecule has 0 amide bonds. The molecule has 0 saturated carbocycles. The van der Waals surface area contributed by atoms with E-state index in [0.717, 1.165) is 11.4 Å². The molecule has 0 aliphatic carbocycles. The lowest BCUT2D eigenvalue weighted by atomic mass is 10.1. The summed E-state index contributed by atoms with van der Waals surface area (Å²) in [5.41, 5.74) is 6.48. The zero-order chi connectivity index (χ0) is 12.9. The van der Waals surface area contributed by atoms with Crippen molar-refractivity contribution in [1.29, 1.82) is 0 Å². The van der Waals surface area contributed by atoms with Gasteiger partial charge in [0, 0.05) is 0 Å². The van der Waals surface area contributed by atoms with Gasteiger partial charge in [-0.1, -0.05) is 12.1 Å². The molecular weight excluding hydrogens is 214 g/mol. The predicted molar refractivity (Wildman–Crippen MR) is 72.6 cm³/mol. The highest BCUT2D eigenvalue weighted by Crippen LogP contribution is 2.23. The number of ether oxygens (including phenoxy) is 1. The normalized spacial score (nSPS) is 12.4. The molecule has 1 rings (SSSR count). The number of guanidine groups is 1. The van der Waals surface area contributed by atoms with E-state index in [1.54, 1.807) is 0 Å². The highest BCUT2D eigenvalue weighted by atomic mass is 16.5. The van der Waals surface area contributed by atoms with Gasteiger partial charge in [0.2, 0.25) is 0 Å². The van der Waals surface area contributed by atoms with E-state index in [1.807, 2.05) is 52.0 Å². The van der Waals surface area contributed by atoms with E-state index >= 15 is 0 Å². The van der Waals surface area contributed by atoms with Crippen LogP contribution in [0, 0.1) is 0 Å². The number of hydrogen-bond acceptors (Lipinski definition) is 2. The Balaban J connectivity index is 2.84. The van der Waals surface area contributed by atoms with Crippen molar-refractivity contribution in [2.24, 2.45) is 10.7 Å². The van der Waals surface area contributed by atoms with Crippen molar-refractivity contribution in [3.05, 3.63) is 24.3 Å². The fraction of sp³-hybridized carbons (Fsp3) is 0.462. The summed E-state index contributed by atoms with van der Waals surface area (Å²) >= 11 is 0. The van der Waals surface area contributed by atoms with Gasteiger partial charge >= 0.3 is 0 Å². The van der Waals surface area contributed by atoms with Crippen LogP contribution in [0.4, 0.5) is 5.69 Å². The number of benzene rings is 1. The number of para-hydroxylation sites is 2. The molecule has 0 aromatic heterocycles. The molecule has 0 saturated heterocycles. The molecule has 0 radical (unpaired) electrons. The van der Waals surface area contributed by atoms with Gasteiger partial charge in [0.25, 0.3) is 0 Å². The van der Waals surface area contributed by atoms with Gasteiger partial charge in [0.05, 0.1) is 17.8 Å². The van der Waals surface area contributed by atoms with E-state index < -0.39 is 0 Å². The van der Waals surface area contributed by atoms with Crippen molar-refractivity contribution in [2.45, 2.75) is 33.2 Å². The fourth-order valence-corrected chi connectivity index (χ4v) is 1.38. The lowest BCUT2D eigenvalue weighted by molar-refractivity contribution is 0.342. The SMILES string of the molecule is CCOc1ccccc1NC(N)=NC(C)(C)C. The van der Waals surface area contributed by atoms with Crippen LogP contribution in [0.3, 0.4) is 0 Å². The third kappa shape index (κ3) is 4.76. The Morgan fingerprint density at radius 1 is 1.35 bits per heavy atom. The molecule has 0 aliphatic rings. The Labute approximate surface area is 103 Å². The number of nitrogens with one attached hydrogen (secondary N) is 1. The lowest BCUT2D eigenvalue weighted by Gasteiger charge is -2.16. The first-order chi connectivity index (χ1) is 7.92. The third-order valence-corrected chi connectivity index (χ3v) is 1.91. The second kappa shape index (κ2) is 5.57. The van der Waals surface area contributed by atoms with Crippen molar-refractivity contribution in [3.8, 4) is 5.75 Å². The maximum Gasteiger partial charge on any atom is 0.193 e. The van der Waals surface area contributed by atoms with Gasteiger partial charge in [-0.2, -0.15) is 0 Å². The monoisotopic (exact) mass is 235 g/mol. The summed E-state index contributed by atoms with van der Waals surface area (Å²) in [7, 11) is 0. The predicted octanol–water partition coefficient (Wildman–Crippen LogP) is 2.61. The van der Waals surface area contributed by atoms with Crippen LogP contribution in [-0.4, -0.2) is 18.1 Å². The molecule has 0 unspecified atom stereocenters. The summed E-state index contributed by atoms with van der Waals surface area (Å²) < 4.78 is 5.49. The lowest BCUT2D eigenvalue weighted by Crippen LogP contribution is -2.27. The average molecular weight is 235 g/mol. The molecule has 4 nitrogen and oxygen atoms in total. The minimum absolute atomic E-state index is 0.197. The van der Waals surface area contributed by atoms with Crippen LogP contribution in [0.5, 0.6) is 5.75 Å². The van der Waals surface area contributed by atoms with Gasteiger partial charge in [-0.05, 0) is 39.8 Å². The molecule has 0 bridgehead atoms. The van der Waals surface area contributed by atoms with Crippen LogP contribution in [-0.2, 0) is 0 Å². The zero-order valence-electron chi connectivity index (χ0n) is 10.9. The number of hydrogen-bond donors (Lipinski definition) is 2. The maximum atomic E-state index is 5.84. The van der Waals surface area contributed by atoms with E-state index in [1.165, 1.54) is 0 Å². The average Bonchev–Trinajstić information content (AvgIpc) is 2.18. The molecular formula is C13H21N3O. The highest BCUT2D eigenvalue weighted by Gasteiger charge is 2.09. The third-order valence-electron chi connectivity index (χ3n) is 1.91. The molecule has 0 fully saturated rings. The summed E-state index contributed by atoms with van der Waals surface area (Å²) in [6.07, 6.45) is 0. The quantitative estimate of drug-likeness (QED) is 0.625. The summed E-state index contributed by atoms with van der Waals surface area (Å²) in [6.45, 7) is 8.56. The van der Waals surface area contributed by atoms with Crippen LogP contribution in [0.25, 0.3) is 0 Å². The largest absolute Gasteiger partial charge is 0.492 e. The minimum atomic E-state index is -0.197. The molecule has 0 aliphatic heterocycles. The topological polar surface area (TPSA) is 59.6 Å². The second-order valence-electron chi connectivity index (χ2n) is 4.72. The van der Waals surface area contributed by atoms with Crippen LogP contribution in [0.1, 0.15) is 27.7 Å². The molecule has 94 valence electrons. The van der Waals surface area contributed by atoms with E-state index in [4.69, 9.17) is 10.5 Å². The van der Waals surface area contributed by atoms with E-state index in [9.17, 15) is 0 Å². The number of rotatable bonds is 3. The Bertz CT molecular complexity index is 394. The molecule has 0 spiro atoms. The smallest absolute Gasteiger partial charge is 0.193 e. The van der Waals surface area contributed by atoms with Crippen LogP contribution in [0.15, 0.2) is 29.3 Å². The highest BCUT2D eigenvalue weighted by molar-refractivity contribution is 5.93. The number of anilines is 1. The van der Waals surface area contributed by atoms with Crippen molar-refractivity contribution < 1.29 is 4.74 Å². The van der Waals surface area contributed by atoms with E-state index in [0.29, 0.717) is 12.6 Å². The van der Waals surface area contributed by atoms with Crippen LogP contribution in [0.2, 0.25) is 0 Å². The van der Waals surface area contributed by atoms with Crippen molar-refractivity contribution >= 4 is 11.6 Å². The first-order valence-electron chi connectivity index (χ1n) is 5.76. The molecule has 0 atom stereocenters. The zero-order valence-corrected chi connectivity index (χ0v) is 10.9. The van der Waals surface area contributed by atoms with Crippen molar-refractivity contribution in [2.75, 3.05) is 11.9 Å². The maximum absolute atomic E-state index is 5.84. The van der Waals surface area contributed by atoms with Crippen LogP contribution < -0.4 is 15.8 Å². The van der Waals surface area contributed by atoms with Crippen molar-refractivity contribution in [1.82, 2.24) is 0 Å². The van der Waals surface area contributed by atoms with Gasteiger partial charge in [-0.3, -0.25) is 0 Å². The number of aliphatic imine (C=N–C) groups is 1. The van der Waals surface area contributed by atoms with E-state index in [2.05, 4.69) is 10.3 Å². The Morgan fingerprint density at radius 2 is 2.00 bits per heavy atom. The van der Waals surface area contributed by atoms with Gasteiger partial charge < -0.3 is 15.8 Å². The number of nitrogens with zero attached hydrogens (tertiary/aromatic N) is 1. The first-order valence-corrected chi connectivity index (χ1v) is 5.76. The Hall–Kier alpha value is -1.71. The van der Waals surface area contributed by atoms with Crippen molar-refractivity contribution in [3.63, 3.8) is 0 Å². The molecule has 1 aromatic carbocycles.